The Kier molecular flexibility index (Phi) is 7.56. The van der Waals surface area contributed by atoms with Crippen LogP contribution in [0.2, 0.25) is 0 Å². The van der Waals surface area contributed by atoms with Crippen molar-refractivity contribution in [3.8, 4) is 11.5 Å². The van der Waals surface area contributed by atoms with Crippen molar-refractivity contribution in [1.29, 1.82) is 0 Å². The van der Waals surface area contributed by atoms with E-state index in [2.05, 4.69) is 9.97 Å². The van der Waals surface area contributed by atoms with Gasteiger partial charge in [-0.25, -0.2) is 9.78 Å². The van der Waals surface area contributed by atoms with Crippen LogP contribution < -0.4 is 9.47 Å². The number of rotatable bonds is 5. The Morgan fingerprint density at radius 3 is 2.33 bits per heavy atom. The molecule has 10 heteroatoms. The number of fused-ring (bicyclic) bond motifs is 1. The number of nitrogens with zero attached hydrogens (tertiary/aromatic N) is 1. The Morgan fingerprint density at radius 2 is 1.73 bits per heavy atom. The largest absolute Gasteiger partial charge is 0.493 e. The van der Waals surface area contributed by atoms with Gasteiger partial charge in [0.25, 0.3) is 10.1 Å². The molecule has 2 aromatic carbocycles. The Hall–Kier alpha value is -3.37. The number of carbonyl (C=O) groups excluding carboxylic acids is 1. The van der Waals surface area contributed by atoms with Gasteiger partial charge in [-0.3, -0.25) is 4.55 Å². The lowest BCUT2D eigenvalue weighted by Crippen LogP contribution is -2.01. The van der Waals surface area contributed by atoms with Crippen LogP contribution in [0.1, 0.15) is 21.7 Å². The van der Waals surface area contributed by atoms with Crippen LogP contribution >= 0.6 is 0 Å². The first kappa shape index (κ1) is 22.9. The average Bonchev–Trinajstić information content (AvgIpc) is 3.13. The molecular weight excluding hydrogens is 412 g/mol. The number of esters is 1. The smallest absolute Gasteiger partial charge is 0.340 e. The van der Waals surface area contributed by atoms with Crippen molar-refractivity contribution in [2.24, 2.45) is 0 Å². The first-order chi connectivity index (χ1) is 14.2. The third-order valence-corrected chi connectivity index (χ3v) is 3.78. The van der Waals surface area contributed by atoms with Gasteiger partial charge in [0.2, 0.25) is 0 Å². The van der Waals surface area contributed by atoms with E-state index in [1.54, 1.807) is 26.4 Å². The lowest BCUT2D eigenvalue weighted by Gasteiger charge is -2.07. The molecule has 0 saturated carbocycles. The van der Waals surface area contributed by atoms with Crippen LogP contribution in [0.15, 0.2) is 36.4 Å². The summed E-state index contributed by atoms with van der Waals surface area (Å²) in [6.07, 6.45) is 4.45. The van der Waals surface area contributed by atoms with E-state index in [4.69, 9.17) is 18.8 Å². The lowest BCUT2D eigenvalue weighted by molar-refractivity contribution is 0.0602. The van der Waals surface area contributed by atoms with Gasteiger partial charge in [0.1, 0.15) is 11.3 Å². The van der Waals surface area contributed by atoms with Gasteiger partial charge < -0.3 is 19.2 Å². The fourth-order valence-electron chi connectivity index (χ4n) is 2.54. The quantitative estimate of drug-likeness (QED) is 0.463. The second-order valence-electron chi connectivity index (χ2n) is 6.00. The van der Waals surface area contributed by atoms with E-state index in [1.165, 1.54) is 7.11 Å². The molecule has 0 bridgehead atoms. The summed E-state index contributed by atoms with van der Waals surface area (Å²) in [6.45, 7) is 0. The molecule has 0 aliphatic rings. The zero-order valence-electron chi connectivity index (χ0n) is 16.9. The van der Waals surface area contributed by atoms with Crippen LogP contribution in [-0.4, -0.2) is 56.5 Å². The first-order valence-corrected chi connectivity index (χ1v) is 10.4. The molecule has 3 rings (SSSR count). The number of carbonyl (C=O) groups is 1. The van der Waals surface area contributed by atoms with Crippen LogP contribution in [-0.2, 0) is 14.9 Å². The summed E-state index contributed by atoms with van der Waals surface area (Å²) in [4.78, 5) is 19.5. The highest BCUT2D eigenvalue weighted by molar-refractivity contribution is 7.85. The normalized spacial score (nSPS) is 11.1. The molecule has 0 spiro atoms. The first-order valence-electron chi connectivity index (χ1n) is 8.56. The highest BCUT2D eigenvalue weighted by Crippen LogP contribution is 2.28. The van der Waals surface area contributed by atoms with Crippen LogP contribution in [0.5, 0.6) is 11.5 Å². The third kappa shape index (κ3) is 6.33. The molecule has 3 aromatic rings. The van der Waals surface area contributed by atoms with Crippen molar-refractivity contribution in [3.63, 3.8) is 0 Å². The standard InChI is InChI=1S/C19H18N2O4.CH4O3S/c1-23-15-9-7-12(11-16(15)24-2)8-10-17-20-14-6-4-5-13(18(14)21-17)19(22)25-3;1-5(2,3)4/h4-11H,1-3H3,(H,20,21);1H3,(H,2,3,4)/b10-8+;. The summed E-state index contributed by atoms with van der Waals surface area (Å²) in [7, 11) is 0.880. The topological polar surface area (TPSA) is 128 Å². The fourth-order valence-corrected chi connectivity index (χ4v) is 2.54. The zero-order chi connectivity index (χ0) is 22.3. The Morgan fingerprint density at radius 1 is 1.07 bits per heavy atom. The average molecular weight is 434 g/mol. The molecule has 2 N–H and O–H groups in total. The molecule has 1 aromatic heterocycles. The zero-order valence-corrected chi connectivity index (χ0v) is 17.7. The number of hydrogen-bond acceptors (Lipinski definition) is 7. The maximum Gasteiger partial charge on any atom is 0.340 e. The molecule has 0 aliphatic heterocycles. The number of hydrogen-bond donors (Lipinski definition) is 2. The van der Waals surface area contributed by atoms with Crippen molar-refractivity contribution < 1.29 is 32.0 Å². The maximum atomic E-state index is 11.8. The lowest BCUT2D eigenvalue weighted by atomic mass is 10.2. The van der Waals surface area contributed by atoms with Crippen molar-refractivity contribution in [1.82, 2.24) is 9.97 Å². The summed E-state index contributed by atoms with van der Waals surface area (Å²) in [6, 6.07) is 11.0. The van der Waals surface area contributed by atoms with Crippen molar-refractivity contribution in [2.45, 2.75) is 0 Å². The molecule has 1 heterocycles. The highest BCUT2D eigenvalue weighted by Gasteiger charge is 2.13. The number of methoxy groups -OCH3 is 3. The summed E-state index contributed by atoms with van der Waals surface area (Å²) in [5.41, 5.74) is 2.73. The number of H-pyrrole nitrogens is 1. The van der Waals surface area contributed by atoms with Gasteiger partial charge >= 0.3 is 5.97 Å². The summed E-state index contributed by atoms with van der Waals surface area (Å²) < 4.78 is 41.2. The second-order valence-corrected chi connectivity index (χ2v) is 7.46. The van der Waals surface area contributed by atoms with E-state index in [0.717, 1.165) is 11.1 Å². The minimum absolute atomic E-state index is 0.410. The summed E-state index contributed by atoms with van der Waals surface area (Å²) in [5.74, 6) is 1.56. The van der Waals surface area contributed by atoms with Crippen LogP contribution in [0.25, 0.3) is 23.2 Å². The number of benzene rings is 2. The van der Waals surface area contributed by atoms with Crippen LogP contribution in [0.3, 0.4) is 0 Å². The number of ether oxygens (including phenoxy) is 3. The molecular formula is C20H22N2O7S. The van der Waals surface area contributed by atoms with Crippen LogP contribution in [0, 0.1) is 0 Å². The third-order valence-electron chi connectivity index (χ3n) is 3.78. The van der Waals surface area contributed by atoms with Crippen molar-refractivity contribution >= 4 is 39.3 Å². The number of aromatic amines is 1. The molecule has 0 aliphatic carbocycles. The number of para-hydroxylation sites is 1. The van der Waals surface area contributed by atoms with E-state index >= 15 is 0 Å². The van der Waals surface area contributed by atoms with Gasteiger partial charge in [0.05, 0.1) is 38.7 Å². The number of nitrogens with one attached hydrogen (secondary N) is 1. The van der Waals surface area contributed by atoms with Gasteiger partial charge in [-0.15, -0.1) is 0 Å². The molecule has 0 amide bonds. The maximum absolute atomic E-state index is 11.8. The van der Waals surface area contributed by atoms with E-state index in [9.17, 15) is 13.2 Å². The Bertz CT molecular complexity index is 1160. The van der Waals surface area contributed by atoms with Crippen molar-refractivity contribution in [3.05, 3.63) is 53.3 Å². The monoisotopic (exact) mass is 434 g/mol. The predicted molar refractivity (Wildman–Crippen MR) is 113 cm³/mol. The summed E-state index contributed by atoms with van der Waals surface area (Å²) in [5, 5.41) is 0. The van der Waals surface area contributed by atoms with E-state index in [0.29, 0.717) is 34.7 Å². The SMILES string of the molecule is COC(=O)c1cccc2[nH]c(/C=C/c3ccc(OC)c(OC)c3)nc12.CS(=O)(=O)O. The van der Waals surface area contributed by atoms with Crippen LogP contribution in [0.4, 0.5) is 0 Å². The fraction of sp³-hybridized carbons (Fsp3) is 0.200. The van der Waals surface area contributed by atoms with Gasteiger partial charge in [-0.1, -0.05) is 18.2 Å². The van der Waals surface area contributed by atoms with E-state index < -0.39 is 16.1 Å². The van der Waals surface area contributed by atoms with E-state index in [1.807, 2.05) is 36.4 Å². The Balaban J connectivity index is 0.000000575. The molecule has 0 atom stereocenters. The number of imidazole rings is 1. The number of aromatic nitrogens is 2. The molecule has 0 saturated heterocycles. The van der Waals surface area contributed by atoms with E-state index in [-0.39, 0.29) is 0 Å². The predicted octanol–water partition coefficient (Wildman–Crippen LogP) is 3.04. The van der Waals surface area contributed by atoms with Crippen molar-refractivity contribution in [2.75, 3.05) is 27.6 Å². The Labute approximate surface area is 174 Å². The molecule has 160 valence electrons. The van der Waals surface area contributed by atoms with Gasteiger partial charge in [-0.05, 0) is 35.9 Å². The molecule has 9 nitrogen and oxygen atoms in total. The van der Waals surface area contributed by atoms with Gasteiger partial charge in [-0.2, -0.15) is 8.42 Å². The molecule has 30 heavy (non-hydrogen) atoms. The highest BCUT2D eigenvalue weighted by atomic mass is 32.2. The summed E-state index contributed by atoms with van der Waals surface area (Å²) >= 11 is 0. The second kappa shape index (κ2) is 9.90. The molecule has 0 radical (unpaired) electrons. The minimum Gasteiger partial charge on any atom is -0.493 e. The molecule has 0 fully saturated rings. The molecule has 0 unspecified atom stereocenters. The van der Waals surface area contributed by atoms with Gasteiger partial charge in [0.15, 0.2) is 11.5 Å². The van der Waals surface area contributed by atoms with Gasteiger partial charge in [0, 0.05) is 0 Å². The minimum atomic E-state index is -3.67.